The van der Waals surface area contributed by atoms with Crippen LogP contribution < -0.4 is 15.4 Å². The Kier molecular flexibility index (Phi) is 6.65. The summed E-state index contributed by atoms with van der Waals surface area (Å²) in [6.07, 6.45) is 2.02. The summed E-state index contributed by atoms with van der Waals surface area (Å²) in [5.74, 6) is 0.661. The van der Waals surface area contributed by atoms with E-state index in [-0.39, 0.29) is 18.0 Å². The van der Waals surface area contributed by atoms with E-state index in [4.69, 9.17) is 16.3 Å². The average Bonchev–Trinajstić information content (AvgIpc) is 2.41. The third-order valence-electron chi connectivity index (χ3n) is 3.05. The van der Waals surface area contributed by atoms with Crippen LogP contribution in [-0.2, 0) is 4.79 Å². The maximum Gasteiger partial charge on any atom is 0.242 e. The van der Waals surface area contributed by atoms with Crippen LogP contribution >= 0.6 is 11.6 Å². The first-order chi connectivity index (χ1) is 9.47. The first-order valence-corrected chi connectivity index (χ1v) is 7.26. The SMILES string of the molecule is CCCC(C)NC(=O)C(C)Nc1cc(OC)ccc1Cl. The molecule has 0 aliphatic carbocycles. The number of methoxy groups -OCH3 is 1. The van der Waals surface area contributed by atoms with Gasteiger partial charge in [0.2, 0.25) is 5.91 Å². The number of benzene rings is 1. The summed E-state index contributed by atoms with van der Waals surface area (Å²) >= 11 is 6.11. The number of ether oxygens (including phenoxy) is 1. The lowest BCUT2D eigenvalue weighted by atomic mass is 10.2. The van der Waals surface area contributed by atoms with E-state index in [0.717, 1.165) is 12.8 Å². The molecule has 0 saturated carbocycles. The topological polar surface area (TPSA) is 50.4 Å². The van der Waals surface area contributed by atoms with E-state index >= 15 is 0 Å². The van der Waals surface area contributed by atoms with Gasteiger partial charge in [-0.15, -0.1) is 0 Å². The molecule has 20 heavy (non-hydrogen) atoms. The maximum absolute atomic E-state index is 12.1. The number of hydrogen-bond acceptors (Lipinski definition) is 3. The van der Waals surface area contributed by atoms with Crippen molar-refractivity contribution < 1.29 is 9.53 Å². The summed E-state index contributed by atoms with van der Waals surface area (Å²) in [7, 11) is 1.59. The average molecular weight is 299 g/mol. The number of carbonyl (C=O) groups is 1. The second-order valence-corrected chi connectivity index (χ2v) is 5.32. The van der Waals surface area contributed by atoms with Crippen LogP contribution in [0.25, 0.3) is 0 Å². The third kappa shape index (κ3) is 4.93. The molecule has 0 spiro atoms. The predicted octanol–water partition coefficient (Wildman–Crippen LogP) is 3.45. The summed E-state index contributed by atoms with van der Waals surface area (Å²) in [5.41, 5.74) is 0.691. The molecule has 1 amide bonds. The minimum Gasteiger partial charge on any atom is -0.497 e. The number of nitrogens with one attached hydrogen (secondary N) is 2. The molecule has 0 heterocycles. The number of carbonyl (C=O) groups excluding carboxylic acids is 1. The maximum atomic E-state index is 12.1. The highest BCUT2D eigenvalue weighted by Crippen LogP contribution is 2.27. The van der Waals surface area contributed by atoms with Gasteiger partial charge in [0.1, 0.15) is 11.8 Å². The largest absolute Gasteiger partial charge is 0.497 e. The molecule has 5 heteroatoms. The van der Waals surface area contributed by atoms with Gasteiger partial charge in [0.25, 0.3) is 0 Å². The van der Waals surface area contributed by atoms with Gasteiger partial charge in [-0.1, -0.05) is 24.9 Å². The molecule has 112 valence electrons. The van der Waals surface area contributed by atoms with E-state index in [9.17, 15) is 4.79 Å². The van der Waals surface area contributed by atoms with Gasteiger partial charge in [0.15, 0.2) is 0 Å². The van der Waals surface area contributed by atoms with Crippen molar-refractivity contribution in [2.45, 2.75) is 45.7 Å². The molecule has 0 bridgehead atoms. The molecule has 1 aromatic carbocycles. The fourth-order valence-electron chi connectivity index (χ4n) is 1.91. The highest BCUT2D eigenvalue weighted by Gasteiger charge is 2.16. The lowest BCUT2D eigenvalue weighted by Gasteiger charge is -2.19. The number of anilines is 1. The zero-order chi connectivity index (χ0) is 15.1. The Hall–Kier alpha value is -1.42. The van der Waals surface area contributed by atoms with E-state index in [1.165, 1.54) is 0 Å². The Bertz CT molecular complexity index is 451. The number of halogens is 1. The Morgan fingerprint density at radius 2 is 2.10 bits per heavy atom. The monoisotopic (exact) mass is 298 g/mol. The summed E-state index contributed by atoms with van der Waals surface area (Å²) in [4.78, 5) is 12.1. The summed E-state index contributed by atoms with van der Waals surface area (Å²) in [6, 6.07) is 5.12. The first kappa shape index (κ1) is 16.6. The van der Waals surface area contributed by atoms with Crippen LogP contribution in [0.3, 0.4) is 0 Å². The fourth-order valence-corrected chi connectivity index (χ4v) is 2.09. The molecule has 4 nitrogen and oxygen atoms in total. The molecule has 0 saturated heterocycles. The van der Waals surface area contributed by atoms with Crippen molar-refractivity contribution in [3.05, 3.63) is 23.2 Å². The van der Waals surface area contributed by atoms with Crippen molar-refractivity contribution in [3.8, 4) is 5.75 Å². The normalized spacial score (nSPS) is 13.4. The van der Waals surface area contributed by atoms with Crippen LogP contribution in [0.15, 0.2) is 18.2 Å². The van der Waals surface area contributed by atoms with Crippen molar-refractivity contribution in [1.82, 2.24) is 5.32 Å². The van der Waals surface area contributed by atoms with Gasteiger partial charge < -0.3 is 15.4 Å². The van der Waals surface area contributed by atoms with Crippen LogP contribution in [0.5, 0.6) is 5.75 Å². The van der Waals surface area contributed by atoms with Gasteiger partial charge in [-0.05, 0) is 32.4 Å². The van der Waals surface area contributed by atoms with Crippen molar-refractivity contribution in [2.24, 2.45) is 0 Å². The number of amides is 1. The van der Waals surface area contributed by atoms with Crippen LogP contribution in [0.1, 0.15) is 33.6 Å². The van der Waals surface area contributed by atoms with Gasteiger partial charge in [0.05, 0.1) is 17.8 Å². The molecule has 2 atom stereocenters. The summed E-state index contributed by atoms with van der Waals surface area (Å²) in [6.45, 7) is 5.91. The van der Waals surface area contributed by atoms with Crippen molar-refractivity contribution in [3.63, 3.8) is 0 Å². The quantitative estimate of drug-likeness (QED) is 0.810. The van der Waals surface area contributed by atoms with Gasteiger partial charge in [-0.25, -0.2) is 0 Å². The molecule has 1 rings (SSSR count). The van der Waals surface area contributed by atoms with Gasteiger partial charge >= 0.3 is 0 Å². The highest BCUT2D eigenvalue weighted by molar-refractivity contribution is 6.33. The van der Waals surface area contributed by atoms with Gasteiger partial charge in [-0.3, -0.25) is 4.79 Å². The molecule has 2 N–H and O–H groups in total. The van der Waals surface area contributed by atoms with Crippen molar-refractivity contribution >= 4 is 23.2 Å². The van der Waals surface area contributed by atoms with E-state index in [0.29, 0.717) is 16.5 Å². The Morgan fingerprint density at radius 1 is 1.40 bits per heavy atom. The van der Waals surface area contributed by atoms with E-state index < -0.39 is 0 Å². The van der Waals surface area contributed by atoms with E-state index in [1.807, 2.05) is 13.8 Å². The van der Waals surface area contributed by atoms with Crippen LogP contribution in [0.4, 0.5) is 5.69 Å². The molecular weight excluding hydrogens is 276 g/mol. The first-order valence-electron chi connectivity index (χ1n) is 6.88. The van der Waals surface area contributed by atoms with Crippen LogP contribution in [0, 0.1) is 0 Å². The lowest BCUT2D eigenvalue weighted by Crippen LogP contribution is -2.42. The van der Waals surface area contributed by atoms with Crippen molar-refractivity contribution in [1.29, 1.82) is 0 Å². The second kappa shape index (κ2) is 8.00. The molecular formula is C15H23ClN2O2. The molecule has 0 aliphatic rings. The minimum atomic E-state index is -0.362. The predicted molar refractivity (Wildman–Crippen MR) is 83.6 cm³/mol. The minimum absolute atomic E-state index is 0.0372. The summed E-state index contributed by atoms with van der Waals surface area (Å²) < 4.78 is 5.15. The Balaban J connectivity index is 2.65. The van der Waals surface area contributed by atoms with Crippen molar-refractivity contribution in [2.75, 3.05) is 12.4 Å². The van der Waals surface area contributed by atoms with E-state index in [1.54, 1.807) is 25.3 Å². The Morgan fingerprint density at radius 3 is 2.70 bits per heavy atom. The third-order valence-corrected chi connectivity index (χ3v) is 3.38. The molecule has 2 unspecified atom stereocenters. The van der Waals surface area contributed by atoms with E-state index in [2.05, 4.69) is 17.6 Å². The molecule has 0 aliphatic heterocycles. The lowest BCUT2D eigenvalue weighted by molar-refractivity contribution is -0.122. The number of rotatable bonds is 7. The molecule has 0 aromatic heterocycles. The highest BCUT2D eigenvalue weighted by atomic mass is 35.5. The Labute approximate surface area is 125 Å². The van der Waals surface area contributed by atoms with Crippen LogP contribution in [-0.4, -0.2) is 25.1 Å². The smallest absolute Gasteiger partial charge is 0.242 e. The zero-order valence-electron chi connectivity index (χ0n) is 12.5. The molecule has 0 fully saturated rings. The number of hydrogen-bond donors (Lipinski definition) is 2. The summed E-state index contributed by atoms with van der Waals surface area (Å²) in [5, 5.41) is 6.64. The molecule has 1 aromatic rings. The molecule has 0 radical (unpaired) electrons. The van der Waals surface area contributed by atoms with Crippen LogP contribution in [0.2, 0.25) is 5.02 Å². The van der Waals surface area contributed by atoms with Gasteiger partial charge in [-0.2, -0.15) is 0 Å². The van der Waals surface area contributed by atoms with Gasteiger partial charge in [0, 0.05) is 12.1 Å². The zero-order valence-corrected chi connectivity index (χ0v) is 13.3. The standard InChI is InChI=1S/C15H23ClN2O2/c1-5-6-10(2)17-15(19)11(3)18-14-9-12(20-4)7-8-13(14)16/h7-11,18H,5-6H2,1-4H3,(H,17,19). The second-order valence-electron chi connectivity index (χ2n) is 4.91. The fraction of sp³-hybridized carbons (Fsp3) is 0.533.